The number of hydrogen-bond donors (Lipinski definition) is 1. The Balaban J connectivity index is 1.24. The molecule has 2 aliphatic heterocycles. The molecule has 0 radical (unpaired) electrons. The van der Waals surface area contributed by atoms with Gasteiger partial charge in [-0.3, -0.25) is 4.79 Å². The number of benzene rings is 1. The SMILES string of the molecule is C=C1CCC[C@]2(C)C[C@H]3OC(=O)[C@H](CNCC[C@]4(c5ccc(OC)cc5)CCOC(C)(C)C4)[C@H]3C[C@@H]12. The highest BCUT2D eigenvalue weighted by Crippen LogP contribution is 2.56. The van der Waals surface area contributed by atoms with Gasteiger partial charge in [0.2, 0.25) is 0 Å². The summed E-state index contributed by atoms with van der Waals surface area (Å²) in [5.41, 5.74) is 2.89. The minimum absolute atomic E-state index is 0.00225. The average Bonchev–Trinajstić information content (AvgIpc) is 3.13. The molecule has 2 aliphatic carbocycles. The van der Waals surface area contributed by atoms with Crippen LogP contribution < -0.4 is 10.1 Å². The van der Waals surface area contributed by atoms with E-state index in [-0.39, 0.29) is 34.4 Å². The average molecular weight is 496 g/mol. The molecule has 1 N–H and O–H groups in total. The molecule has 2 saturated heterocycles. The highest BCUT2D eigenvalue weighted by atomic mass is 16.6. The lowest BCUT2D eigenvalue weighted by molar-refractivity contribution is -0.146. The van der Waals surface area contributed by atoms with E-state index in [2.05, 4.69) is 56.9 Å². The molecule has 0 bridgehead atoms. The Morgan fingerprint density at radius 3 is 2.67 bits per heavy atom. The molecule has 1 aromatic carbocycles. The molecule has 5 rings (SSSR count). The quantitative estimate of drug-likeness (QED) is 0.294. The highest BCUT2D eigenvalue weighted by molar-refractivity contribution is 5.75. The largest absolute Gasteiger partial charge is 0.497 e. The number of fused-ring (bicyclic) bond motifs is 2. The molecular formula is C31H45NO4. The van der Waals surface area contributed by atoms with Crippen molar-refractivity contribution in [3.8, 4) is 5.75 Å². The van der Waals surface area contributed by atoms with Gasteiger partial charge in [-0.2, -0.15) is 0 Å². The monoisotopic (exact) mass is 495 g/mol. The predicted molar refractivity (Wildman–Crippen MR) is 142 cm³/mol. The second-order valence-corrected chi connectivity index (χ2v) is 12.9. The zero-order valence-electron chi connectivity index (χ0n) is 22.7. The number of allylic oxidation sites excluding steroid dienone is 1. The van der Waals surface area contributed by atoms with E-state index in [1.165, 1.54) is 24.0 Å². The van der Waals surface area contributed by atoms with E-state index in [1.807, 2.05) is 0 Å². The van der Waals surface area contributed by atoms with Gasteiger partial charge in [-0.1, -0.05) is 31.2 Å². The molecule has 0 aromatic heterocycles. The second kappa shape index (κ2) is 9.79. The first-order valence-electron chi connectivity index (χ1n) is 14.0. The lowest BCUT2D eigenvalue weighted by atomic mass is 9.55. The summed E-state index contributed by atoms with van der Waals surface area (Å²) in [6.07, 6.45) is 8.73. The lowest BCUT2D eigenvalue weighted by Gasteiger charge is -2.50. The lowest BCUT2D eigenvalue weighted by Crippen LogP contribution is -2.46. The van der Waals surface area contributed by atoms with Gasteiger partial charge in [-0.15, -0.1) is 0 Å². The van der Waals surface area contributed by atoms with Crippen LogP contribution >= 0.6 is 0 Å². The minimum atomic E-state index is -0.155. The van der Waals surface area contributed by atoms with E-state index < -0.39 is 0 Å². The molecule has 1 aromatic rings. The number of hydrogen-bond acceptors (Lipinski definition) is 5. The fraction of sp³-hybridized carbons (Fsp3) is 0.710. The molecule has 2 heterocycles. The molecule has 198 valence electrons. The van der Waals surface area contributed by atoms with Crippen LogP contribution in [0.25, 0.3) is 0 Å². The van der Waals surface area contributed by atoms with E-state index in [1.54, 1.807) is 7.11 Å². The first-order chi connectivity index (χ1) is 17.1. The van der Waals surface area contributed by atoms with Crippen molar-refractivity contribution in [1.82, 2.24) is 5.32 Å². The third-order valence-electron chi connectivity index (χ3n) is 10.0. The Labute approximate surface area is 217 Å². The van der Waals surface area contributed by atoms with Crippen molar-refractivity contribution in [3.05, 3.63) is 42.0 Å². The summed E-state index contributed by atoms with van der Waals surface area (Å²) in [5.74, 6) is 1.69. The number of rotatable bonds is 7. The van der Waals surface area contributed by atoms with Crippen molar-refractivity contribution in [2.45, 2.75) is 89.3 Å². The van der Waals surface area contributed by atoms with Crippen molar-refractivity contribution in [2.75, 3.05) is 26.8 Å². The zero-order chi connectivity index (χ0) is 25.6. The summed E-state index contributed by atoms with van der Waals surface area (Å²) in [7, 11) is 1.71. The van der Waals surface area contributed by atoms with Crippen LogP contribution in [0.15, 0.2) is 36.4 Å². The number of esters is 1. The van der Waals surface area contributed by atoms with Crippen molar-refractivity contribution < 1.29 is 19.0 Å². The summed E-state index contributed by atoms with van der Waals surface area (Å²) in [4.78, 5) is 12.9. The Hall–Kier alpha value is -1.85. The van der Waals surface area contributed by atoms with Gasteiger partial charge in [-0.25, -0.2) is 0 Å². The van der Waals surface area contributed by atoms with E-state index in [0.717, 1.165) is 57.4 Å². The van der Waals surface area contributed by atoms with Crippen LogP contribution in [0.5, 0.6) is 5.75 Å². The fourth-order valence-corrected chi connectivity index (χ4v) is 8.10. The Morgan fingerprint density at radius 1 is 1.17 bits per heavy atom. The van der Waals surface area contributed by atoms with Crippen LogP contribution in [0, 0.1) is 23.2 Å². The molecule has 2 saturated carbocycles. The smallest absolute Gasteiger partial charge is 0.310 e. The van der Waals surface area contributed by atoms with Crippen LogP contribution in [0.4, 0.5) is 0 Å². The van der Waals surface area contributed by atoms with Gasteiger partial charge < -0.3 is 19.5 Å². The Kier molecular flexibility index (Phi) is 7.01. The Morgan fingerprint density at radius 2 is 1.94 bits per heavy atom. The molecule has 0 spiro atoms. The van der Waals surface area contributed by atoms with E-state index in [9.17, 15) is 4.79 Å². The highest BCUT2D eigenvalue weighted by Gasteiger charge is 2.55. The standard InChI is InChI=1S/C31H45NO4/c1-21-7-6-12-30(4)18-27-24(17-26(21)30)25(28(33)36-27)19-32-15-13-31(14-16-35-29(2,3)20-31)22-8-10-23(34-5)11-9-22/h8-11,24-27,32H,1,6-7,12-20H2,2-5H3/t24-,25-,26+,27-,30-,31+/m1/s1. The summed E-state index contributed by atoms with van der Waals surface area (Å²) in [6, 6.07) is 8.57. The van der Waals surface area contributed by atoms with Gasteiger partial charge in [0.25, 0.3) is 0 Å². The molecule has 4 aliphatic rings. The van der Waals surface area contributed by atoms with Gasteiger partial charge in [0.1, 0.15) is 11.9 Å². The van der Waals surface area contributed by atoms with Crippen LogP contribution in [0.2, 0.25) is 0 Å². The van der Waals surface area contributed by atoms with Crippen LogP contribution in [-0.4, -0.2) is 44.5 Å². The van der Waals surface area contributed by atoms with Crippen molar-refractivity contribution >= 4 is 5.97 Å². The maximum atomic E-state index is 12.9. The van der Waals surface area contributed by atoms with Gasteiger partial charge in [-0.05, 0) is 101 Å². The predicted octanol–water partition coefficient (Wildman–Crippen LogP) is 5.82. The first-order valence-corrected chi connectivity index (χ1v) is 14.0. The summed E-state index contributed by atoms with van der Waals surface area (Å²) in [6.45, 7) is 13.6. The maximum Gasteiger partial charge on any atom is 0.310 e. The van der Waals surface area contributed by atoms with E-state index in [0.29, 0.717) is 18.4 Å². The third-order valence-corrected chi connectivity index (χ3v) is 10.0. The van der Waals surface area contributed by atoms with E-state index in [4.69, 9.17) is 14.2 Å². The molecule has 0 amide bonds. The van der Waals surface area contributed by atoms with Gasteiger partial charge in [0.15, 0.2) is 0 Å². The topological polar surface area (TPSA) is 56.8 Å². The van der Waals surface area contributed by atoms with Crippen molar-refractivity contribution in [2.24, 2.45) is 23.2 Å². The number of nitrogens with one attached hydrogen (secondary N) is 1. The molecule has 5 heteroatoms. The van der Waals surface area contributed by atoms with Gasteiger partial charge >= 0.3 is 5.97 Å². The molecule has 5 nitrogen and oxygen atoms in total. The molecule has 0 unspecified atom stereocenters. The zero-order valence-corrected chi connectivity index (χ0v) is 22.7. The van der Waals surface area contributed by atoms with Crippen molar-refractivity contribution in [1.29, 1.82) is 0 Å². The number of methoxy groups -OCH3 is 1. The minimum Gasteiger partial charge on any atom is -0.497 e. The number of carbonyl (C=O) groups excluding carboxylic acids is 1. The number of ether oxygens (including phenoxy) is 3. The Bertz CT molecular complexity index is 971. The first kappa shape index (κ1) is 25.8. The molecule has 36 heavy (non-hydrogen) atoms. The van der Waals surface area contributed by atoms with Crippen molar-refractivity contribution in [3.63, 3.8) is 0 Å². The van der Waals surface area contributed by atoms with Crippen LogP contribution in [0.1, 0.15) is 77.7 Å². The fourth-order valence-electron chi connectivity index (χ4n) is 8.10. The maximum absolute atomic E-state index is 12.9. The number of carbonyl (C=O) groups is 1. The summed E-state index contributed by atoms with van der Waals surface area (Å²) < 4.78 is 17.5. The third kappa shape index (κ3) is 4.86. The summed E-state index contributed by atoms with van der Waals surface area (Å²) in [5, 5.41) is 3.69. The van der Waals surface area contributed by atoms with Crippen LogP contribution in [-0.2, 0) is 19.7 Å². The van der Waals surface area contributed by atoms with E-state index >= 15 is 0 Å². The molecule has 6 atom stereocenters. The van der Waals surface area contributed by atoms with Crippen LogP contribution in [0.3, 0.4) is 0 Å². The summed E-state index contributed by atoms with van der Waals surface area (Å²) >= 11 is 0. The second-order valence-electron chi connectivity index (χ2n) is 12.9. The normalized spacial score (nSPS) is 37.7. The molecular weight excluding hydrogens is 450 g/mol. The van der Waals surface area contributed by atoms with Gasteiger partial charge in [0.05, 0.1) is 18.6 Å². The molecule has 4 fully saturated rings. The van der Waals surface area contributed by atoms with Gasteiger partial charge in [0, 0.05) is 24.5 Å².